The third-order valence-corrected chi connectivity index (χ3v) is 4.29. The van der Waals surface area contributed by atoms with E-state index in [4.69, 9.17) is 5.11 Å². The molecule has 0 radical (unpaired) electrons. The van der Waals surface area contributed by atoms with Gasteiger partial charge in [0.05, 0.1) is 6.42 Å². The van der Waals surface area contributed by atoms with Crippen LogP contribution in [0.5, 0.6) is 0 Å². The molecule has 164 valence electrons. The number of hydrogen-bond acceptors (Lipinski definition) is 4. The normalized spacial score (nSPS) is 11.2. The minimum atomic E-state index is -1.00. The molecule has 2 aromatic rings. The molecule has 0 aliphatic rings. The Balaban J connectivity index is 1.76. The molecule has 1 unspecified atom stereocenters. The van der Waals surface area contributed by atoms with Crippen LogP contribution < -0.4 is 21.3 Å². The van der Waals surface area contributed by atoms with Crippen molar-refractivity contribution in [2.24, 2.45) is 0 Å². The average Bonchev–Trinajstić information content (AvgIpc) is 2.69. The monoisotopic (exact) mass is 426 g/mol. The van der Waals surface area contributed by atoms with Crippen molar-refractivity contribution >= 4 is 40.9 Å². The summed E-state index contributed by atoms with van der Waals surface area (Å²) in [4.78, 5) is 46.5. The Bertz CT molecular complexity index is 943. The number of carbonyl (C=O) groups excluding carboxylic acids is 3. The minimum absolute atomic E-state index is 0.0372. The Morgan fingerprint density at radius 2 is 1.42 bits per heavy atom. The van der Waals surface area contributed by atoms with Crippen molar-refractivity contribution in [3.63, 3.8) is 0 Å². The number of carboxylic acid groups (broad SMARTS) is 1. The van der Waals surface area contributed by atoms with Gasteiger partial charge in [0.2, 0.25) is 11.8 Å². The lowest BCUT2D eigenvalue weighted by Crippen LogP contribution is -2.34. The molecular formula is C22H26N4O5. The lowest BCUT2D eigenvalue weighted by Gasteiger charge is -2.12. The Morgan fingerprint density at radius 1 is 0.839 bits per heavy atom. The van der Waals surface area contributed by atoms with Crippen molar-refractivity contribution < 1.29 is 24.3 Å². The van der Waals surface area contributed by atoms with Crippen LogP contribution in [-0.2, 0) is 14.4 Å². The first-order chi connectivity index (χ1) is 14.7. The molecule has 0 fully saturated rings. The summed E-state index contributed by atoms with van der Waals surface area (Å²) < 4.78 is 0. The fourth-order valence-corrected chi connectivity index (χ4v) is 2.75. The number of hydrogen-bond donors (Lipinski definition) is 5. The number of nitrogens with one attached hydrogen (secondary N) is 4. The van der Waals surface area contributed by atoms with Crippen molar-refractivity contribution in [2.45, 2.75) is 39.2 Å². The van der Waals surface area contributed by atoms with Crippen molar-refractivity contribution in [1.82, 2.24) is 5.32 Å². The van der Waals surface area contributed by atoms with E-state index in [1.54, 1.807) is 37.3 Å². The highest BCUT2D eigenvalue weighted by molar-refractivity contribution is 6.00. The quantitative estimate of drug-likeness (QED) is 0.419. The second-order valence-corrected chi connectivity index (χ2v) is 7.09. The number of carboxylic acids is 1. The van der Waals surface area contributed by atoms with Crippen molar-refractivity contribution in [3.05, 3.63) is 54.1 Å². The number of aryl methyl sites for hydroxylation is 1. The van der Waals surface area contributed by atoms with Crippen LogP contribution in [0.2, 0.25) is 0 Å². The van der Waals surface area contributed by atoms with Crippen LogP contribution in [0.4, 0.5) is 21.9 Å². The van der Waals surface area contributed by atoms with Gasteiger partial charge in [0.1, 0.15) is 0 Å². The van der Waals surface area contributed by atoms with Gasteiger partial charge in [0.25, 0.3) is 0 Å². The van der Waals surface area contributed by atoms with E-state index >= 15 is 0 Å². The smallest absolute Gasteiger partial charge is 0.323 e. The highest BCUT2D eigenvalue weighted by Crippen LogP contribution is 2.16. The molecular weight excluding hydrogens is 400 g/mol. The van der Waals surface area contributed by atoms with Gasteiger partial charge in [0.15, 0.2) is 0 Å². The molecule has 1 atom stereocenters. The molecule has 0 bridgehead atoms. The summed E-state index contributed by atoms with van der Waals surface area (Å²) in [5, 5.41) is 19.4. The lowest BCUT2D eigenvalue weighted by atomic mass is 10.2. The van der Waals surface area contributed by atoms with E-state index in [9.17, 15) is 19.2 Å². The van der Waals surface area contributed by atoms with Crippen molar-refractivity contribution in [1.29, 1.82) is 0 Å². The van der Waals surface area contributed by atoms with Gasteiger partial charge in [-0.1, -0.05) is 18.2 Å². The highest BCUT2D eigenvalue weighted by Gasteiger charge is 2.12. The van der Waals surface area contributed by atoms with Crippen LogP contribution in [0, 0.1) is 6.92 Å². The van der Waals surface area contributed by atoms with Gasteiger partial charge in [-0.05, 0) is 49.7 Å². The lowest BCUT2D eigenvalue weighted by molar-refractivity contribution is -0.137. The van der Waals surface area contributed by atoms with Gasteiger partial charge >= 0.3 is 12.0 Å². The standard InChI is InChI=1S/C22H26N4O5/c1-14-5-3-4-6-18(14)26-22(31)25-17-9-7-16(8-10-17)24-20(28)12-11-19(27)23-15(2)13-21(29)30/h3-10,15H,11-13H2,1-2H3,(H,23,27)(H,24,28)(H,29,30)(H2,25,26,31). The molecule has 0 saturated heterocycles. The predicted octanol–water partition coefficient (Wildman–Crippen LogP) is 3.34. The van der Waals surface area contributed by atoms with Gasteiger partial charge < -0.3 is 26.4 Å². The zero-order valence-corrected chi connectivity index (χ0v) is 17.4. The molecule has 0 spiro atoms. The molecule has 0 saturated carbocycles. The van der Waals surface area contributed by atoms with Gasteiger partial charge in [-0.3, -0.25) is 14.4 Å². The summed E-state index contributed by atoms with van der Waals surface area (Å²) in [5.41, 5.74) is 2.73. The highest BCUT2D eigenvalue weighted by atomic mass is 16.4. The molecule has 2 rings (SSSR count). The summed E-state index contributed by atoms with van der Waals surface area (Å²) in [6, 6.07) is 13.1. The third-order valence-electron chi connectivity index (χ3n) is 4.29. The van der Waals surface area contributed by atoms with E-state index in [-0.39, 0.29) is 37.1 Å². The predicted molar refractivity (Wildman–Crippen MR) is 118 cm³/mol. The van der Waals surface area contributed by atoms with Crippen molar-refractivity contribution in [3.8, 4) is 0 Å². The number of carbonyl (C=O) groups is 4. The van der Waals surface area contributed by atoms with E-state index < -0.39 is 12.0 Å². The first kappa shape index (κ1) is 23.4. The molecule has 5 N–H and O–H groups in total. The van der Waals surface area contributed by atoms with Crippen molar-refractivity contribution in [2.75, 3.05) is 16.0 Å². The fraction of sp³-hybridized carbons (Fsp3) is 0.273. The average molecular weight is 426 g/mol. The Labute approximate surface area is 180 Å². The molecule has 0 aliphatic carbocycles. The third kappa shape index (κ3) is 8.57. The maximum Gasteiger partial charge on any atom is 0.323 e. The molecule has 9 nitrogen and oxygen atoms in total. The second kappa shape index (κ2) is 11.3. The van der Waals surface area contributed by atoms with Gasteiger partial charge in [-0.15, -0.1) is 0 Å². The molecule has 9 heteroatoms. The molecule has 31 heavy (non-hydrogen) atoms. The fourth-order valence-electron chi connectivity index (χ4n) is 2.75. The van der Waals surface area contributed by atoms with Crippen LogP contribution in [0.25, 0.3) is 0 Å². The number of aliphatic carboxylic acids is 1. The maximum absolute atomic E-state index is 12.1. The second-order valence-electron chi connectivity index (χ2n) is 7.09. The van der Waals surface area contributed by atoms with E-state index in [0.29, 0.717) is 17.1 Å². The van der Waals surface area contributed by atoms with Crippen LogP contribution >= 0.6 is 0 Å². The number of rotatable bonds is 9. The van der Waals surface area contributed by atoms with E-state index in [1.165, 1.54) is 0 Å². The number of para-hydroxylation sites is 1. The Kier molecular flexibility index (Phi) is 8.56. The van der Waals surface area contributed by atoms with Gasteiger partial charge in [-0.25, -0.2) is 4.79 Å². The zero-order valence-electron chi connectivity index (χ0n) is 17.4. The van der Waals surface area contributed by atoms with Crippen LogP contribution in [0.3, 0.4) is 0 Å². The molecule has 0 heterocycles. The number of anilines is 3. The first-order valence-corrected chi connectivity index (χ1v) is 9.77. The number of benzene rings is 2. The molecule has 4 amide bonds. The zero-order chi connectivity index (χ0) is 22.8. The number of amides is 4. The summed E-state index contributed by atoms with van der Waals surface area (Å²) in [6.07, 6.45) is -0.264. The largest absolute Gasteiger partial charge is 0.481 e. The summed E-state index contributed by atoms with van der Waals surface area (Å²) in [5.74, 6) is -1.74. The molecule has 0 aromatic heterocycles. The van der Waals surface area contributed by atoms with Gasteiger partial charge in [0, 0.05) is 35.9 Å². The minimum Gasteiger partial charge on any atom is -0.481 e. The SMILES string of the molecule is Cc1ccccc1NC(=O)Nc1ccc(NC(=O)CCC(=O)NC(C)CC(=O)O)cc1. The summed E-state index contributed by atoms with van der Waals surface area (Å²) in [6.45, 7) is 3.48. The summed E-state index contributed by atoms with van der Waals surface area (Å²) in [7, 11) is 0. The summed E-state index contributed by atoms with van der Waals surface area (Å²) >= 11 is 0. The Morgan fingerprint density at radius 3 is 2.03 bits per heavy atom. The van der Waals surface area contributed by atoms with E-state index in [1.807, 2.05) is 25.1 Å². The van der Waals surface area contributed by atoms with Gasteiger partial charge in [-0.2, -0.15) is 0 Å². The maximum atomic E-state index is 12.1. The van der Waals surface area contributed by atoms with Crippen LogP contribution in [0.1, 0.15) is 31.7 Å². The number of urea groups is 1. The van der Waals surface area contributed by atoms with Crippen LogP contribution in [-0.4, -0.2) is 35.0 Å². The molecule has 0 aliphatic heterocycles. The topological polar surface area (TPSA) is 137 Å². The molecule has 2 aromatic carbocycles. The van der Waals surface area contributed by atoms with E-state index in [0.717, 1.165) is 5.56 Å². The Hall–Kier alpha value is -3.88. The van der Waals surface area contributed by atoms with Crippen LogP contribution in [0.15, 0.2) is 48.5 Å². The van der Waals surface area contributed by atoms with E-state index in [2.05, 4.69) is 21.3 Å². The first-order valence-electron chi connectivity index (χ1n) is 9.77.